The predicted molar refractivity (Wildman–Crippen MR) is 105 cm³/mol. The second-order valence-corrected chi connectivity index (χ2v) is 7.79. The minimum atomic E-state index is -0.425. The van der Waals surface area contributed by atoms with Crippen molar-refractivity contribution < 1.29 is 14.7 Å². The lowest BCUT2D eigenvalue weighted by molar-refractivity contribution is -0.911. The molecule has 0 amide bonds. The van der Waals surface area contributed by atoms with E-state index in [0.717, 1.165) is 24.6 Å². The molecule has 26 heavy (non-hydrogen) atoms. The molecule has 1 saturated heterocycles. The minimum absolute atomic E-state index is 0.137. The Morgan fingerprint density at radius 3 is 2.58 bits per heavy atom. The van der Waals surface area contributed by atoms with Gasteiger partial charge in [-0.25, -0.2) is 0 Å². The first-order valence-corrected chi connectivity index (χ1v) is 9.87. The molecule has 4 atom stereocenters. The molecular formula is C23H32NO2+. The molecule has 2 aromatic carbocycles. The Bertz CT molecular complexity index is 673. The molecule has 0 aliphatic carbocycles. The number of quaternary nitrogens is 1. The zero-order valence-electron chi connectivity index (χ0n) is 16.0. The fourth-order valence-electron chi connectivity index (χ4n) is 4.06. The van der Waals surface area contributed by atoms with Gasteiger partial charge in [-0.2, -0.15) is 0 Å². The third kappa shape index (κ3) is 5.16. The van der Waals surface area contributed by atoms with Crippen molar-refractivity contribution in [1.82, 2.24) is 0 Å². The summed E-state index contributed by atoms with van der Waals surface area (Å²) in [6.07, 6.45) is 2.02. The van der Waals surface area contributed by atoms with E-state index in [4.69, 9.17) is 4.74 Å². The van der Waals surface area contributed by atoms with Gasteiger partial charge in [0, 0.05) is 5.92 Å². The van der Waals surface area contributed by atoms with Crippen LogP contribution in [0, 0.1) is 12.8 Å². The minimum Gasteiger partial charge on any atom is -0.385 e. The van der Waals surface area contributed by atoms with Crippen LogP contribution in [0.3, 0.4) is 0 Å². The Morgan fingerprint density at radius 1 is 1.12 bits per heavy atom. The van der Waals surface area contributed by atoms with Crippen LogP contribution in [0.15, 0.2) is 54.6 Å². The van der Waals surface area contributed by atoms with Crippen molar-refractivity contribution >= 4 is 0 Å². The Balaban J connectivity index is 1.65. The van der Waals surface area contributed by atoms with Gasteiger partial charge >= 0.3 is 0 Å². The Kier molecular flexibility index (Phi) is 6.84. The highest BCUT2D eigenvalue weighted by molar-refractivity contribution is 5.35. The molecule has 3 heteroatoms. The van der Waals surface area contributed by atoms with Crippen LogP contribution in [0.5, 0.6) is 0 Å². The van der Waals surface area contributed by atoms with Crippen molar-refractivity contribution in [3.63, 3.8) is 0 Å². The second kappa shape index (κ2) is 9.31. The number of aliphatic hydroxyl groups is 1. The molecule has 0 spiro atoms. The highest BCUT2D eigenvalue weighted by Gasteiger charge is 2.24. The van der Waals surface area contributed by atoms with Crippen LogP contribution in [0.1, 0.15) is 42.6 Å². The van der Waals surface area contributed by atoms with Gasteiger partial charge in [-0.3, -0.25) is 0 Å². The molecule has 2 aromatic rings. The third-order valence-corrected chi connectivity index (χ3v) is 5.42. The lowest BCUT2D eigenvalue weighted by atomic mass is 9.97. The zero-order valence-corrected chi connectivity index (χ0v) is 16.0. The van der Waals surface area contributed by atoms with Crippen molar-refractivity contribution in [3.8, 4) is 0 Å². The van der Waals surface area contributed by atoms with E-state index < -0.39 is 6.10 Å². The standard InChI is InChI=1S/C23H31NO2/c1-18-9-8-14-24(15-18)16-21(25)17-26-23(20-11-4-3-5-12-20)22-13-7-6-10-19(22)2/h3-7,10-13,18,21,23,25H,8-9,14-17H2,1-2H3/p+1/t18-,21-,23+/m0/s1. The van der Waals surface area contributed by atoms with Crippen LogP contribution >= 0.6 is 0 Å². The average Bonchev–Trinajstić information content (AvgIpc) is 2.64. The summed E-state index contributed by atoms with van der Waals surface area (Å²) in [5.41, 5.74) is 3.52. The summed E-state index contributed by atoms with van der Waals surface area (Å²) in [6.45, 7) is 7.90. The molecule has 1 unspecified atom stereocenters. The highest BCUT2D eigenvalue weighted by atomic mass is 16.5. The third-order valence-electron chi connectivity index (χ3n) is 5.42. The van der Waals surface area contributed by atoms with Crippen molar-refractivity contribution in [2.24, 2.45) is 5.92 Å². The van der Waals surface area contributed by atoms with E-state index in [1.165, 1.54) is 35.4 Å². The van der Waals surface area contributed by atoms with Gasteiger partial charge in [0.05, 0.1) is 19.7 Å². The SMILES string of the molecule is Cc1ccccc1[C@H](OC[C@@H](O)C[NH+]1CCC[C@H](C)C1)c1ccccc1. The van der Waals surface area contributed by atoms with Crippen LogP contribution in [0.2, 0.25) is 0 Å². The number of hydrogen-bond donors (Lipinski definition) is 2. The monoisotopic (exact) mass is 354 g/mol. The predicted octanol–water partition coefficient (Wildman–Crippen LogP) is 2.78. The van der Waals surface area contributed by atoms with E-state index >= 15 is 0 Å². The van der Waals surface area contributed by atoms with E-state index in [1.807, 2.05) is 18.2 Å². The number of hydrogen-bond acceptors (Lipinski definition) is 2. The maximum Gasteiger partial charge on any atom is 0.126 e. The number of nitrogens with one attached hydrogen (secondary N) is 1. The van der Waals surface area contributed by atoms with Gasteiger partial charge in [-0.15, -0.1) is 0 Å². The Hall–Kier alpha value is -1.68. The lowest BCUT2D eigenvalue weighted by Gasteiger charge is -2.30. The molecule has 0 aromatic heterocycles. The van der Waals surface area contributed by atoms with Crippen molar-refractivity contribution in [2.75, 3.05) is 26.2 Å². The average molecular weight is 355 g/mol. The van der Waals surface area contributed by atoms with Crippen LogP contribution in [0.25, 0.3) is 0 Å². The summed E-state index contributed by atoms with van der Waals surface area (Å²) in [6, 6.07) is 18.6. The van der Waals surface area contributed by atoms with Crippen molar-refractivity contribution in [3.05, 3.63) is 71.3 Å². The lowest BCUT2D eigenvalue weighted by Crippen LogP contribution is -3.14. The fraction of sp³-hybridized carbons (Fsp3) is 0.478. The van der Waals surface area contributed by atoms with Gasteiger partial charge in [-0.05, 0) is 36.5 Å². The normalized spacial score (nSPS) is 22.7. The first-order valence-electron chi connectivity index (χ1n) is 9.87. The molecule has 3 rings (SSSR count). The molecule has 3 nitrogen and oxygen atoms in total. The van der Waals surface area contributed by atoms with E-state index in [2.05, 4.69) is 50.2 Å². The van der Waals surface area contributed by atoms with Gasteiger partial charge in [0.15, 0.2) is 0 Å². The van der Waals surface area contributed by atoms with Crippen LogP contribution in [-0.2, 0) is 4.74 Å². The smallest absolute Gasteiger partial charge is 0.126 e. The zero-order chi connectivity index (χ0) is 18.4. The molecule has 1 aliphatic heterocycles. The van der Waals surface area contributed by atoms with Gasteiger partial charge in [0.1, 0.15) is 18.8 Å². The molecule has 1 fully saturated rings. The summed E-state index contributed by atoms with van der Waals surface area (Å²) in [4.78, 5) is 1.51. The molecular weight excluding hydrogens is 322 g/mol. The molecule has 140 valence electrons. The first-order chi connectivity index (χ1) is 12.6. The first kappa shape index (κ1) is 19.1. The summed E-state index contributed by atoms with van der Waals surface area (Å²) < 4.78 is 6.26. The quantitative estimate of drug-likeness (QED) is 0.802. The van der Waals surface area contributed by atoms with Crippen LogP contribution in [0.4, 0.5) is 0 Å². The molecule has 0 bridgehead atoms. The molecule has 0 radical (unpaired) electrons. The van der Waals surface area contributed by atoms with E-state index in [0.29, 0.717) is 6.61 Å². The second-order valence-electron chi connectivity index (χ2n) is 7.79. The van der Waals surface area contributed by atoms with Gasteiger partial charge in [-0.1, -0.05) is 61.5 Å². The summed E-state index contributed by atoms with van der Waals surface area (Å²) >= 11 is 0. The number of aliphatic hydroxyl groups excluding tert-OH is 1. The summed E-state index contributed by atoms with van der Waals surface area (Å²) in [7, 11) is 0. The molecule has 0 saturated carbocycles. The summed E-state index contributed by atoms with van der Waals surface area (Å²) in [5.74, 6) is 0.760. The topological polar surface area (TPSA) is 33.9 Å². The fourth-order valence-corrected chi connectivity index (χ4v) is 4.06. The van der Waals surface area contributed by atoms with Crippen LogP contribution < -0.4 is 4.90 Å². The molecule has 2 N–H and O–H groups in total. The highest BCUT2D eigenvalue weighted by Crippen LogP contribution is 2.28. The Morgan fingerprint density at radius 2 is 1.85 bits per heavy atom. The van der Waals surface area contributed by atoms with Gasteiger partial charge in [0.25, 0.3) is 0 Å². The number of ether oxygens (including phenoxy) is 1. The number of aryl methyl sites for hydroxylation is 1. The number of likely N-dealkylation sites (tertiary alicyclic amines) is 1. The number of piperidine rings is 1. The van der Waals surface area contributed by atoms with E-state index in [-0.39, 0.29) is 6.10 Å². The maximum absolute atomic E-state index is 10.6. The van der Waals surface area contributed by atoms with E-state index in [9.17, 15) is 5.11 Å². The number of benzene rings is 2. The molecule has 1 aliphatic rings. The van der Waals surface area contributed by atoms with Crippen molar-refractivity contribution in [1.29, 1.82) is 0 Å². The van der Waals surface area contributed by atoms with Gasteiger partial charge in [0.2, 0.25) is 0 Å². The summed E-state index contributed by atoms with van der Waals surface area (Å²) in [5, 5.41) is 10.6. The molecule has 1 heterocycles. The maximum atomic E-state index is 10.6. The number of rotatable bonds is 7. The van der Waals surface area contributed by atoms with Gasteiger partial charge < -0.3 is 14.7 Å². The Labute approximate surface area is 157 Å². The van der Waals surface area contributed by atoms with Crippen molar-refractivity contribution in [2.45, 2.75) is 38.9 Å². The van der Waals surface area contributed by atoms with Crippen LogP contribution in [-0.4, -0.2) is 37.5 Å². The van der Waals surface area contributed by atoms with E-state index in [1.54, 1.807) is 0 Å². The largest absolute Gasteiger partial charge is 0.385 e.